The largest absolute Gasteiger partial charge is 0.384 e. The molecule has 0 aliphatic heterocycles. The first kappa shape index (κ1) is 19.7. The van der Waals surface area contributed by atoms with E-state index in [0.717, 1.165) is 0 Å². The van der Waals surface area contributed by atoms with Crippen LogP contribution in [-0.4, -0.2) is 20.4 Å². The first-order chi connectivity index (χ1) is 15.6. The molecule has 0 radical (unpaired) electrons. The molecule has 0 aliphatic rings. The van der Waals surface area contributed by atoms with Gasteiger partial charge in [-0.1, -0.05) is 48.5 Å². The number of aryl methyl sites for hydroxylation is 2. The third kappa shape index (κ3) is 3.54. The molecule has 0 spiro atoms. The second-order valence-electron chi connectivity index (χ2n) is 7.46. The van der Waals surface area contributed by atoms with Gasteiger partial charge in [0, 0.05) is 12.2 Å². The normalized spacial score (nSPS) is 11.2. The number of nitrogen functional groups attached to an aromatic ring is 1. The summed E-state index contributed by atoms with van der Waals surface area (Å²) in [5.41, 5.74) is 10.2. The Bertz CT molecular complexity index is 1450. The number of nitrogens with two attached hydrogens (primary N) is 1. The van der Waals surface area contributed by atoms with Crippen molar-refractivity contribution in [2.45, 2.75) is 13.0 Å². The van der Waals surface area contributed by atoms with E-state index >= 15 is 0 Å². The summed E-state index contributed by atoms with van der Waals surface area (Å²) in [6.45, 7) is 0.356. The molecule has 7 heteroatoms. The molecule has 2 aromatic heterocycles. The quantitative estimate of drug-likeness (QED) is 0.424. The molecule has 3 N–H and O–H groups in total. The number of nitrogens with zero attached hydrogens (tertiary/aromatic N) is 3. The molecule has 1 amide bonds. The Labute approximate surface area is 183 Å². The van der Waals surface area contributed by atoms with Crippen LogP contribution in [-0.2, 0) is 13.0 Å². The van der Waals surface area contributed by atoms with E-state index in [2.05, 4.69) is 5.32 Å². The summed E-state index contributed by atoms with van der Waals surface area (Å²) in [5, 5.41) is 2.88. The Hall–Kier alpha value is -4.26. The Morgan fingerprint density at radius 1 is 0.906 bits per heavy atom. The number of carbonyl (C=O) groups is 1. The van der Waals surface area contributed by atoms with Crippen molar-refractivity contribution < 1.29 is 9.18 Å². The fraction of sp³-hybridized carbons (Fsp3) is 0.0800. The summed E-state index contributed by atoms with van der Waals surface area (Å²) in [5.74, 6) is -0.394. The first-order valence-electron chi connectivity index (χ1n) is 10.3. The zero-order valence-electron chi connectivity index (χ0n) is 17.1. The summed E-state index contributed by atoms with van der Waals surface area (Å²) in [7, 11) is 0. The maximum absolute atomic E-state index is 14.2. The summed E-state index contributed by atoms with van der Waals surface area (Å²) in [6.07, 6.45) is 0.398. The smallest absolute Gasteiger partial charge is 0.261 e. The van der Waals surface area contributed by atoms with Gasteiger partial charge >= 0.3 is 0 Å². The minimum Gasteiger partial charge on any atom is -0.384 e. The van der Waals surface area contributed by atoms with Crippen molar-refractivity contribution in [3.8, 4) is 0 Å². The molecule has 32 heavy (non-hydrogen) atoms. The van der Waals surface area contributed by atoms with Crippen molar-refractivity contribution in [3.05, 3.63) is 95.8 Å². The molecule has 0 fully saturated rings. The zero-order chi connectivity index (χ0) is 22.1. The van der Waals surface area contributed by atoms with Gasteiger partial charge in [-0.25, -0.2) is 14.4 Å². The summed E-state index contributed by atoms with van der Waals surface area (Å²) in [6, 6.07) is 23.2. The van der Waals surface area contributed by atoms with E-state index in [-0.39, 0.29) is 23.1 Å². The number of hydrogen-bond donors (Lipinski definition) is 2. The van der Waals surface area contributed by atoms with E-state index in [1.54, 1.807) is 34.9 Å². The van der Waals surface area contributed by atoms with Crippen LogP contribution in [0, 0.1) is 5.82 Å². The van der Waals surface area contributed by atoms with Gasteiger partial charge in [0.15, 0.2) is 5.65 Å². The van der Waals surface area contributed by atoms with E-state index in [1.807, 2.05) is 42.5 Å². The van der Waals surface area contributed by atoms with E-state index in [4.69, 9.17) is 15.7 Å². The highest BCUT2D eigenvalue weighted by molar-refractivity contribution is 6.16. The van der Waals surface area contributed by atoms with Crippen molar-refractivity contribution >= 4 is 39.6 Å². The highest BCUT2D eigenvalue weighted by Gasteiger charge is 2.24. The topological polar surface area (TPSA) is 85.8 Å². The molecule has 0 bridgehead atoms. The number of anilines is 2. The van der Waals surface area contributed by atoms with Crippen LogP contribution >= 0.6 is 0 Å². The highest BCUT2D eigenvalue weighted by Crippen LogP contribution is 2.29. The van der Waals surface area contributed by atoms with E-state index in [9.17, 15) is 9.18 Å². The van der Waals surface area contributed by atoms with Crippen molar-refractivity contribution in [1.29, 1.82) is 0 Å². The fourth-order valence-electron chi connectivity index (χ4n) is 3.82. The molecule has 0 aliphatic carbocycles. The van der Waals surface area contributed by atoms with Gasteiger partial charge in [0.1, 0.15) is 22.7 Å². The third-order valence-electron chi connectivity index (χ3n) is 5.41. The molecule has 0 saturated heterocycles. The van der Waals surface area contributed by atoms with Crippen LogP contribution in [0.1, 0.15) is 15.9 Å². The van der Waals surface area contributed by atoms with Crippen molar-refractivity contribution in [1.82, 2.24) is 14.5 Å². The molecule has 0 atom stereocenters. The number of fused-ring (bicyclic) bond motifs is 2. The third-order valence-corrected chi connectivity index (χ3v) is 5.41. The number of nitrogens with one attached hydrogen (secondary N) is 1. The number of hydrogen-bond acceptors (Lipinski definition) is 4. The van der Waals surface area contributed by atoms with Crippen LogP contribution in [0.25, 0.3) is 22.2 Å². The predicted molar refractivity (Wildman–Crippen MR) is 124 cm³/mol. The average molecular weight is 425 g/mol. The fourth-order valence-corrected chi connectivity index (χ4v) is 3.82. The Morgan fingerprint density at radius 3 is 2.31 bits per heavy atom. The van der Waals surface area contributed by atoms with Crippen LogP contribution in [0.5, 0.6) is 0 Å². The molecule has 3 aromatic carbocycles. The maximum atomic E-state index is 14.2. The lowest BCUT2D eigenvalue weighted by Crippen LogP contribution is -2.15. The SMILES string of the molecule is Nc1c(C(=O)Nc2ccccc2)c2nc3ccccc3nc2n1CCc1ccccc1F. The molecule has 5 aromatic rings. The van der Waals surface area contributed by atoms with Gasteiger partial charge in [0.25, 0.3) is 5.91 Å². The van der Waals surface area contributed by atoms with Crippen molar-refractivity contribution in [2.75, 3.05) is 11.1 Å². The lowest BCUT2D eigenvalue weighted by atomic mass is 10.1. The number of rotatable bonds is 5. The maximum Gasteiger partial charge on any atom is 0.261 e. The molecule has 0 saturated carbocycles. The van der Waals surface area contributed by atoms with E-state index < -0.39 is 0 Å². The molecule has 6 nitrogen and oxygen atoms in total. The molecule has 158 valence electrons. The van der Waals surface area contributed by atoms with Gasteiger partial charge < -0.3 is 15.6 Å². The Kier molecular flexibility index (Phi) is 4.99. The lowest BCUT2D eigenvalue weighted by molar-refractivity contribution is 0.102. The summed E-state index contributed by atoms with van der Waals surface area (Å²) < 4.78 is 15.9. The summed E-state index contributed by atoms with van der Waals surface area (Å²) in [4.78, 5) is 22.6. The van der Waals surface area contributed by atoms with Crippen LogP contribution in [0.15, 0.2) is 78.9 Å². The monoisotopic (exact) mass is 425 g/mol. The number of halogens is 1. The predicted octanol–water partition coefficient (Wildman–Crippen LogP) is 4.80. The molecule has 0 unspecified atom stereocenters. The molecule has 2 heterocycles. The average Bonchev–Trinajstić information content (AvgIpc) is 3.08. The number of para-hydroxylation sites is 3. The van der Waals surface area contributed by atoms with Crippen LogP contribution in [0.2, 0.25) is 0 Å². The van der Waals surface area contributed by atoms with Gasteiger partial charge in [-0.2, -0.15) is 0 Å². The zero-order valence-corrected chi connectivity index (χ0v) is 17.1. The van der Waals surface area contributed by atoms with Gasteiger partial charge in [-0.05, 0) is 42.3 Å². The van der Waals surface area contributed by atoms with Crippen molar-refractivity contribution in [3.63, 3.8) is 0 Å². The number of carbonyl (C=O) groups excluding carboxylic acids is 1. The van der Waals surface area contributed by atoms with Crippen LogP contribution < -0.4 is 11.1 Å². The second kappa shape index (κ2) is 8.11. The molecule has 5 rings (SSSR count). The van der Waals surface area contributed by atoms with Gasteiger partial charge in [0.2, 0.25) is 0 Å². The number of aromatic nitrogens is 3. The standard InChI is InChI=1S/C25H20FN5O/c26-18-11-5-4-8-16(18)14-15-31-23(27)21(25(32)28-17-9-2-1-3-10-17)22-24(31)30-20-13-7-6-12-19(20)29-22/h1-13H,14-15,27H2,(H,28,32). The first-order valence-corrected chi connectivity index (χ1v) is 10.3. The molecular formula is C25H20FN5O. The summed E-state index contributed by atoms with van der Waals surface area (Å²) >= 11 is 0. The molecular weight excluding hydrogens is 405 g/mol. The minimum absolute atomic E-state index is 0.250. The van der Waals surface area contributed by atoms with Crippen LogP contribution in [0.3, 0.4) is 0 Å². The Morgan fingerprint density at radius 2 is 1.56 bits per heavy atom. The van der Waals surface area contributed by atoms with Gasteiger partial charge in [-0.3, -0.25) is 4.79 Å². The Balaban J connectivity index is 1.62. The van der Waals surface area contributed by atoms with E-state index in [0.29, 0.717) is 46.4 Å². The van der Waals surface area contributed by atoms with E-state index in [1.165, 1.54) is 6.07 Å². The van der Waals surface area contributed by atoms with Crippen molar-refractivity contribution in [2.24, 2.45) is 0 Å². The van der Waals surface area contributed by atoms with Gasteiger partial charge in [0.05, 0.1) is 11.0 Å². The highest BCUT2D eigenvalue weighted by atomic mass is 19.1. The number of benzene rings is 3. The van der Waals surface area contributed by atoms with Gasteiger partial charge in [-0.15, -0.1) is 0 Å². The second-order valence-corrected chi connectivity index (χ2v) is 7.46. The lowest BCUT2D eigenvalue weighted by Gasteiger charge is -2.09. The van der Waals surface area contributed by atoms with Crippen LogP contribution in [0.4, 0.5) is 15.9 Å². The number of amides is 1. The minimum atomic E-state index is -0.368.